The molecule has 6 nitrogen and oxygen atoms in total. The number of amides is 2. The molecule has 6 heteroatoms. The first-order valence-electron chi connectivity index (χ1n) is 7.77. The fourth-order valence-corrected chi connectivity index (χ4v) is 2.79. The van der Waals surface area contributed by atoms with E-state index in [0.717, 1.165) is 11.3 Å². The molecule has 2 heterocycles. The van der Waals surface area contributed by atoms with Gasteiger partial charge in [-0.15, -0.1) is 0 Å². The molecule has 0 radical (unpaired) electrons. The van der Waals surface area contributed by atoms with Crippen LogP contribution in [0, 0.1) is 0 Å². The minimum absolute atomic E-state index is 0.0638. The van der Waals surface area contributed by atoms with Gasteiger partial charge in [0.1, 0.15) is 6.04 Å². The Morgan fingerprint density at radius 1 is 1.35 bits per heavy atom. The summed E-state index contributed by atoms with van der Waals surface area (Å²) in [6.07, 6.45) is 5.17. The summed E-state index contributed by atoms with van der Waals surface area (Å²) >= 11 is 0. The highest BCUT2D eigenvalue weighted by atomic mass is 16.2. The molecule has 1 aliphatic heterocycles. The number of aryl methyl sites for hydroxylation is 2. The third kappa shape index (κ3) is 3.59. The number of benzene rings is 1. The van der Waals surface area contributed by atoms with E-state index in [1.165, 1.54) is 0 Å². The van der Waals surface area contributed by atoms with Crippen LogP contribution < -0.4 is 10.2 Å². The van der Waals surface area contributed by atoms with Crippen LogP contribution in [0.5, 0.6) is 0 Å². The van der Waals surface area contributed by atoms with Crippen LogP contribution in [-0.2, 0) is 23.1 Å². The van der Waals surface area contributed by atoms with E-state index in [9.17, 15) is 9.59 Å². The number of rotatable bonds is 5. The predicted molar refractivity (Wildman–Crippen MR) is 86.9 cm³/mol. The molecule has 1 aromatic carbocycles. The molecule has 1 saturated heterocycles. The molecule has 1 fully saturated rings. The van der Waals surface area contributed by atoms with E-state index in [2.05, 4.69) is 10.4 Å². The minimum atomic E-state index is -0.432. The molecule has 3 rings (SSSR count). The van der Waals surface area contributed by atoms with Crippen LogP contribution >= 0.6 is 0 Å². The quantitative estimate of drug-likeness (QED) is 0.904. The largest absolute Gasteiger partial charge is 0.344 e. The van der Waals surface area contributed by atoms with Crippen molar-refractivity contribution in [2.75, 3.05) is 11.4 Å². The number of nitrogens with one attached hydrogen (secondary N) is 1. The average Bonchev–Trinajstić information content (AvgIpc) is 3.13. The monoisotopic (exact) mass is 312 g/mol. The Morgan fingerprint density at radius 2 is 2.13 bits per heavy atom. The van der Waals surface area contributed by atoms with Crippen LogP contribution in [0.15, 0.2) is 42.7 Å². The maximum atomic E-state index is 12.4. The van der Waals surface area contributed by atoms with Gasteiger partial charge in [-0.1, -0.05) is 30.3 Å². The molecule has 23 heavy (non-hydrogen) atoms. The Balaban J connectivity index is 1.52. The van der Waals surface area contributed by atoms with Gasteiger partial charge in [0.05, 0.1) is 11.9 Å². The van der Waals surface area contributed by atoms with Crippen LogP contribution in [0.4, 0.5) is 5.69 Å². The molecule has 0 aliphatic carbocycles. The summed E-state index contributed by atoms with van der Waals surface area (Å²) in [6.45, 7) is 0.605. The summed E-state index contributed by atoms with van der Waals surface area (Å²) in [4.78, 5) is 26.1. The maximum absolute atomic E-state index is 12.4. The van der Waals surface area contributed by atoms with E-state index in [1.807, 2.05) is 37.4 Å². The average molecular weight is 312 g/mol. The molecule has 2 amide bonds. The van der Waals surface area contributed by atoms with Gasteiger partial charge in [0, 0.05) is 26.2 Å². The molecule has 2 aromatic rings. The van der Waals surface area contributed by atoms with Crippen molar-refractivity contribution < 1.29 is 9.59 Å². The molecule has 0 bridgehead atoms. The molecule has 120 valence electrons. The van der Waals surface area contributed by atoms with Crippen LogP contribution in [0.3, 0.4) is 0 Å². The second-order valence-corrected chi connectivity index (χ2v) is 5.76. The molecule has 1 N–H and O–H groups in total. The lowest BCUT2D eigenvalue weighted by atomic mass is 10.1. The third-order valence-electron chi connectivity index (χ3n) is 4.03. The van der Waals surface area contributed by atoms with Gasteiger partial charge in [0.25, 0.3) is 0 Å². The van der Waals surface area contributed by atoms with Gasteiger partial charge in [-0.3, -0.25) is 14.3 Å². The smallest absolute Gasteiger partial charge is 0.249 e. The number of carbonyl (C=O) groups excluding carboxylic acids is 2. The Hall–Kier alpha value is -2.63. The molecule has 0 saturated carbocycles. The lowest BCUT2D eigenvalue weighted by Gasteiger charge is -2.15. The van der Waals surface area contributed by atoms with Gasteiger partial charge in [-0.05, 0) is 18.4 Å². The van der Waals surface area contributed by atoms with Crippen molar-refractivity contribution in [2.45, 2.75) is 25.3 Å². The first kappa shape index (κ1) is 15.3. The topological polar surface area (TPSA) is 67.2 Å². The molecule has 0 spiro atoms. The Kier molecular flexibility index (Phi) is 4.41. The first-order valence-corrected chi connectivity index (χ1v) is 7.77. The summed E-state index contributed by atoms with van der Waals surface area (Å²) in [7, 11) is 1.81. The SMILES string of the molecule is Cn1cc(N2CC[C@@H](NC(=O)CCc3ccccc3)C2=O)cn1. The van der Waals surface area contributed by atoms with Crippen molar-refractivity contribution in [2.24, 2.45) is 7.05 Å². The minimum Gasteiger partial charge on any atom is -0.344 e. The highest BCUT2D eigenvalue weighted by Crippen LogP contribution is 2.20. The zero-order chi connectivity index (χ0) is 16.2. The maximum Gasteiger partial charge on any atom is 0.249 e. The molecule has 1 aromatic heterocycles. The van der Waals surface area contributed by atoms with Crippen molar-refractivity contribution in [3.05, 3.63) is 48.3 Å². The summed E-state index contributed by atoms with van der Waals surface area (Å²) in [5.74, 6) is -0.147. The summed E-state index contributed by atoms with van der Waals surface area (Å²) < 4.78 is 1.66. The van der Waals surface area contributed by atoms with Crippen molar-refractivity contribution in [3.8, 4) is 0 Å². The number of nitrogens with zero attached hydrogens (tertiary/aromatic N) is 3. The van der Waals surface area contributed by atoms with Crippen LogP contribution in [0.25, 0.3) is 0 Å². The van der Waals surface area contributed by atoms with E-state index >= 15 is 0 Å². The van der Waals surface area contributed by atoms with Gasteiger partial charge >= 0.3 is 0 Å². The number of hydrogen-bond acceptors (Lipinski definition) is 3. The van der Waals surface area contributed by atoms with E-state index in [-0.39, 0.29) is 11.8 Å². The summed E-state index contributed by atoms with van der Waals surface area (Å²) in [6, 6.07) is 9.43. The Bertz CT molecular complexity index is 696. The fourth-order valence-electron chi connectivity index (χ4n) is 2.79. The van der Waals surface area contributed by atoms with E-state index < -0.39 is 6.04 Å². The summed E-state index contributed by atoms with van der Waals surface area (Å²) in [5, 5.41) is 6.93. The standard InChI is InChI=1S/C17H20N4O2/c1-20-12-14(11-18-20)21-10-9-15(17(21)23)19-16(22)8-7-13-5-3-2-4-6-13/h2-6,11-12,15H,7-10H2,1H3,(H,19,22)/t15-/m1/s1. The first-order chi connectivity index (χ1) is 11.1. The lowest BCUT2D eigenvalue weighted by Crippen LogP contribution is -2.41. The normalized spacial score (nSPS) is 17.5. The van der Waals surface area contributed by atoms with Crippen molar-refractivity contribution in [1.29, 1.82) is 0 Å². The zero-order valence-electron chi connectivity index (χ0n) is 13.1. The van der Waals surface area contributed by atoms with E-state index in [4.69, 9.17) is 0 Å². The van der Waals surface area contributed by atoms with Crippen LogP contribution in [0.1, 0.15) is 18.4 Å². The second-order valence-electron chi connectivity index (χ2n) is 5.76. The van der Waals surface area contributed by atoms with Crippen LogP contribution in [0.2, 0.25) is 0 Å². The Morgan fingerprint density at radius 3 is 2.83 bits per heavy atom. The number of anilines is 1. The molecular weight excluding hydrogens is 292 g/mol. The summed E-state index contributed by atoms with van der Waals surface area (Å²) in [5.41, 5.74) is 1.90. The number of aromatic nitrogens is 2. The number of hydrogen-bond donors (Lipinski definition) is 1. The number of carbonyl (C=O) groups is 2. The predicted octanol–water partition coefficient (Wildman–Crippen LogP) is 1.27. The highest BCUT2D eigenvalue weighted by molar-refractivity contribution is 6.01. The van der Waals surface area contributed by atoms with E-state index in [0.29, 0.717) is 25.8 Å². The van der Waals surface area contributed by atoms with Crippen molar-refractivity contribution in [3.63, 3.8) is 0 Å². The Labute approximate surface area is 135 Å². The lowest BCUT2D eigenvalue weighted by molar-refractivity contribution is -0.126. The van der Waals surface area contributed by atoms with Gasteiger partial charge < -0.3 is 10.2 Å². The van der Waals surface area contributed by atoms with Crippen molar-refractivity contribution >= 4 is 17.5 Å². The van der Waals surface area contributed by atoms with Gasteiger partial charge in [0.15, 0.2) is 0 Å². The van der Waals surface area contributed by atoms with Gasteiger partial charge in [-0.2, -0.15) is 5.10 Å². The molecule has 0 unspecified atom stereocenters. The van der Waals surface area contributed by atoms with Gasteiger partial charge in [0.2, 0.25) is 11.8 Å². The zero-order valence-corrected chi connectivity index (χ0v) is 13.1. The highest BCUT2D eigenvalue weighted by Gasteiger charge is 2.33. The fraction of sp³-hybridized carbons (Fsp3) is 0.353. The van der Waals surface area contributed by atoms with Crippen molar-refractivity contribution in [1.82, 2.24) is 15.1 Å². The van der Waals surface area contributed by atoms with Crippen LogP contribution in [-0.4, -0.2) is 34.2 Å². The molecule has 1 aliphatic rings. The molecular formula is C17H20N4O2. The molecule has 1 atom stereocenters. The van der Waals surface area contributed by atoms with Gasteiger partial charge in [-0.25, -0.2) is 0 Å². The van der Waals surface area contributed by atoms with E-state index in [1.54, 1.807) is 22.0 Å². The second kappa shape index (κ2) is 6.64. The third-order valence-corrected chi connectivity index (χ3v) is 4.03.